The van der Waals surface area contributed by atoms with Crippen molar-refractivity contribution < 1.29 is 4.74 Å². The van der Waals surface area contributed by atoms with E-state index >= 15 is 0 Å². The van der Waals surface area contributed by atoms with Crippen LogP contribution in [0.3, 0.4) is 0 Å². The topological polar surface area (TPSA) is 51.4 Å². The predicted molar refractivity (Wildman–Crippen MR) is 73.2 cm³/mol. The molecule has 1 aromatic rings. The van der Waals surface area contributed by atoms with Crippen LogP contribution in [0, 0.1) is 0 Å². The van der Waals surface area contributed by atoms with Gasteiger partial charge in [-0.2, -0.15) is 0 Å². The summed E-state index contributed by atoms with van der Waals surface area (Å²) < 4.78 is 6.07. The summed E-state index contributed by atoms with van der Waals surface area (Å²) in [5.74, 6) is 0.571. The van der Waals surface area contributed by atoms with E-state index in [1.54, 1.807) is 0 Å². The maximum Gasteiger partial charge on any atom is 0.123 e. The predicted octanol–water partition coefficient (Wildman–Crippen LogP) is 2.05. The molecule has 2 rings (SSSR count). The van der Waals surface area contributed by atoms with Crippen LogP contribution in [0.15, 0.2) is 18.3 Å². The van der Waals surface area contributed by atoms with Crippen LogP contribution in [0.25, 0.3) is 0 Å². The molecule has 0 spiro atoms. The lowest BCUT2D eigenvalue weighted by molar-refractivity contribution is -0.182. The van der Waals surface area contributed by atoms with Crippen molar-refractivity contribution in [1.29, 1.82) is 0 Å². The van der Waals surface area contributed by atoms with Crippen molar-refractivity contribution in [1.82, 2.24) is 9.88 Å². The lowest BCUT2D eigenvalue weighted by Crippen LogP contribution is -2.56. The molecule has 0 radical (unpaired) electrons. The number of aromatic nitrogens is 1. The molecule has 0 unspecified atom stereocenters. The Bertz CT molecular complexity index is 396. The van der Waals surface area contributed by atoms with E-state index < -0.39 is 0 Å². The first-order valence-corrected chi connectivity index (χ1v) is 6.39. The lowest BCUT2D eigenvalue weighted by Gasteiger charge is -2.47. The molecule has 4 nitrogen and oxygen atoms in total. The second kappa shape index (κ2) is 4.52. The smallest absolute Gasteiger partial charge is 0.123 e. The van der Waals surface area contributed by atoms with Crippen LogP contribution in [-0.2, 0) is 11.3 Å². The van der Waals surface area contributed by atoms with E-state index in [4.69, 9.17) is 10.5 Å². The quantitative estimate of drug-likeness (QED) is 0.871. The molecule has 0 aromatic carbocycles. The van der Waals surface area contributed by atoms with Gasteiger partial charge >= 0.3 is 0 Å². The van der Waals surface area contributed by atoms with Gasteiger partial charge in [-0.15, -0.1) is 0 Å². The van der Waals surface area contributed by atoms with E-state index in [-0.39, 0.29) is 11.2 Å². The summed E-state index contributed by atoms with van der Waals surface area (Å²) in [7, 11) is 0. The zero-order chi connectivity index (χ0) is 13.4. The largest absolute Gasteiger partial charge is 0.384 e. The molecule has 100 valence electrons. The first-order chi connectivity index (χ1) is 8.26. The van der Waals surface area contributed by atoms with Gasteiger partial charge in [0.05, 0.1) is 11.2 Å². The fraction of sp³-hybridized carbons (Fsp3) is 0.643. The molecule has 0 aliphatic carbocycles. The van der Waals surface area contributed by atoms with Gasteiger partial charge in [0.25, 0.3) is 0 Å². The average Bonchev–Trinajstić information content (AvgIpc) is 2.16. The summed E-state index contributed by atoms with van der Waals surface area (Å²) in [6, 6.07) is 3.89. The van der Waals surface area contributed by atoms with E-state index in [0.29, 0.717) is 5.82 Å². The van der Waals surface area contributed by atoms with Crippen LogP contribution < -0.4 is 5.73 Å². The minimum absolute atomic E-state index is 0.108. The first-order valence-electron chi connectivity index (χ1n) is 6.39. The van der Waals surface area contributed by atoms with Crippen LogP contribution in [0.5, 0.6) is 0 Å². The van der Waals surface area contributed by atoms with Gasteiger partial charge < -0.3 is 10.5 Å². The van der Waals surface area contributed by atoms with Crippen LogP contribution in [0.4, 0.5) is 5.82 Å². The van der Waals surface area contributed by atoms with Crippen molar-refractivity contribution in [3.63, 3.8) is 0 Å². The zero-order valence-electron chi connectivity index (χ0n) is 11.7. The molecule has 0 atom stereocenters. The highest BCUT2D eigenvalue weighted by Crippen LogP contribution is 2.28. The van der Waals surface area contributed by atoms with Gasteiger partial charge in [-0.3, -0.25) is 4.90 Å². The Morgan fingerprint density at radius 1 is 1.22 bits per heavy atom. The normalized spacial score (nSPS) is 22.9. The summed E-state index contributed by atoms with van der Waals surface area (Å²) >= 11 is 0. The number of nitrogens with two attached hydrogens (primary N) is 1. The van der Waals surface area contributed by atoms with Gasteiger partial charge in [-0.25, -0.2) is 4.98 Å². The summed E-state index contributed by atoms with van der Waals surface area (Å²) in [4.78, 5) is 6.55. The highest BCUT2D eigenvalue weighted by atomic mass is 16.5. The molecule has 0 bridgehead atoms. The first kappa shape index (κ1) is 13.3. The molecule has 1 fully saturated rings. The van der Waals surface area contributed by atoms with Crippen molar-refractivity contribution in [3.8, 4) is 0 Å². The number of pyridine rings is 1. The SMILES string of the molecule is CC1(C)CN(Cc2ccc(N)nc2)CC(C)(C)O1. The van der Waals surface area contributed by atoms with Crippen LogP contribution >= 0.6 is 0 Å². The highest BCUT2D eigenvalue weighted by Gasteiger charge is 2.37. The molecule has 1 aromatic heterocycles. The fourth-order valence-electron chi connectivity index (χ4n) is 2.84. The van der Waals surface area contributed by atoms with Gasteiger partial charge in [-0.1, -0.05) is 6.07 Å². The molecule has 0 amide bonds. The Hall–Kier alpha value is -1.13. The van der Waals surface area contributed by atoms with Gasteiger partial charge in [0, 0.05) is 25.8 Å². The number of nitrogens with zero attached hydrogens (tertiary/aromatic N) is 2. The third kappa shape index (κ3) is 3.43. The van der Waals surface area contributed by atoms with Gasteiger partial charge in [0.1, 0.15) is 5.82 Å². The second-order valence-electron chi connectivity index (χ2n) is 6.36. The molecule has 4 heteroatoms. The van der Waals surface area contributed by atoms with Crippen LogP contribution in [0.2, 0.25) is 0 Å². The van der Waals surface area contributed by atoms with E-state index in [2.05, 4.69) is 37.6 Å². The number of nitrogen functional groups attached to an aromatic ring is 1. The van der Waals surface area contributed by atoms with Gasteiger partial charge in [0.2, 0.25) is 0 Å². The molecular formula is C14H23N3O. The summed E-state index contributed by atoms with van der Waals surface area (Å²) in [6.45, 7) is 11.3. The van der Waals surface area contributed by atoms with Crippen molar-refractivity contribution in [2.75, 3.05) is 18.8 Å². The Morgan fingerprint density at radius 2 is 1.83 bits per heavy atom. The molecule has 0 saturated carbocycles. The third-order valence-electron chi connectivity index (χ3n) is 3.02. The highest BCUT2D eigenvalue weighted by molar-refractivity contribution is 5.29. The maximum absolute atomic E-state index is 6.07. The van der Waals surface area contributed by atoms with E-state index in [0.717, 1.165) is 19.6 Å². The maximum atomic E-state index is 6.07. The van der Waals surface area contributed by atoms with Crippen molar-refractivity contribution >= 4 is 5.82 Å². The molecule has 1 aliphatic heterocycles. The minimum Gasteiger partial charge on any atom is -0.384 e. The summed E-state index contributed by atoms with van der Waals surface area (Å²) in [5.41, 5.74) is 6.58. The van der Waals surface area contributed by atoms with E-state index in [9.17, 15) is 0 Å². The van der Waals surface area contributed by atoms with E-state index in [1.165, 1.54) is 5.56 Å². The fourth-order valence-corrected chi connectivity index (χ4v) is 2.84. The molecule has 1 aliphatic rings. The zero-order valence-corrected chi connectivity index (χ0v) is 11.7. The van der Waals surface area contributed by atoms with Crippen molar-refractivity contribution in [3.05, 3.63) is 23.9 Å². The third-order valence-corrected chi connectivity index (χ3v) is 3.02. The molecule has 2 heterocycles. The number of rotatable bonds is 2. The van der Waals surface area contributed by atoms with Gasteiger partial charge in [-0.05, 0) is 39.3 Å². The molecule has 18 heavy (non-hydrogen) atoms. The summed E-state index contributed by atoms with van der Waals surface area (Å²) in [5, 5.41) is 0. The number of hydrogen-bond donors (Lipinski definition) is 1. The molecular weight excluding hydrogens is 226 g/mol. The molecule has 1 saturated heterocycles. The minimum atomic E-state index is -0.108. The Balaban J connectivity index is 2.07. The average molecular weight is 249 g/mol. The summed E-state index contributed by atoms with van der Waals surface area (Å²) in [6.07, 6.45) is 1.85. The van der Waals surface area contributed by atoms with Gasteiger partial charge in [0.15, 0.2) is 0 Å². The Labute approximate surface area is 109 Å². The van der Waals surface area contributed by atoms with Crippen LogP contribution in [-0.4, -0.2) is 34.2 Å². The van der Waals surface area contributed by atoms with Crippen molar-refractivity contribution in [2.24, 2.45) is 0 Å². The van der Waals surface area contributed by atoms with E-state index in [1.807, 2.05) is 18.3 Å². The number of morpholine rings is 1. The lowest BCUT2D eigenvalue weighted by atomic mass is 9.98. The number of hydrogen-bond acceptors (Lipinski definition) is 4. The van der Waals surface area contributed by atoms with Crippen LogP contribution in [0.1, 0.15) is 33.3 Å². The van der Waals surface area contributed by atoms with Crippen molar-refractivity contribution in [2.45, 2.75) is 45.4 Å². The number of anilines is 1. The molecule has 2 N–H and O–H groups in total. The Morgan fingerprint density at radius 3 is 2.33 bits per heavy atom. The monoisotopic (exact) mass is 249 g/mol. The standard InChI is InChI=1S/C14H23N3O/c1-13(2)9-17(10-14(3,4)18-13)8-11-5-6-12(15)16-7-11/h5-7H,8-10H2,1-4H3,(H2,15,16). The second-order valence-corrected chi connectivity index (χ2v) is 6.36. The Kier molecular flexibility index (Phi) is 3.34. The number of ether oxygens (including phenoxy) is 1.